The quantitative estimate of drug-likeness (QED) is 0.375. The highest BCUT2D eigenvalue weighted by Crippen LogP contribution is 2.31. The maximum Gasteiger partial charge on any atom is 0.100 e. The fraction of sp³-hybridized carbons (Fsp3) is 0.0952. The van der Waals surface area contributed by atoms with Crippen molar-refractivity contribution in [2.24, 2.45) is 9.98 Å². The Kier molecular flexibility index (Phi) is 3.18. The fourth-order valence-corrected chi connectivity index (χ4v) is 2.91. The molecule has 6 aliphatic heterocycles. The Morgan fingerprint density at radius 3 is 1.35 bits per heavy atom. The summed E-state index contributed by atoms with van der Waals surface area (Å²) in [6, 6.07) is 24.1. The van der Waals surface area contributed by atoms with Gasteiger partial charge in [0.2, 0.25) is 0 Å². The van der Waals surface area contributed by atoms with Gasteiger partial charge in [0.05, 0.1) is 11.4 Å². The molecule has 110 valence electrons. The molecule has 0 amide bonds. The topological polar surface area (TPSA) is 24.7 Å². The summed E-state index contributed by atoms with van der Waals surface area (Å²) in [4.78, 5) is 8.75. The summed E-state index contributed by atoms with van der Waals surface area (Å²) in [5.74, 6) is 0. The summed E-state index contributed by atoms with van der Waals surface area (Å²) >= 11 is 0. The van der Waals surface area contributed by atoms with Crippen molar-refractivity contribution in [3.63, 3.8) is 0 Å². The monoisotopic (exact) mass is 296 g/mol. The van der Waals surface area contributed by atoms with Gasteiger partial charge >= 0.3 is 0 Å². The van der Waals surface area contributed by atoms with Crippen molar-refractivity contribution in [2.45, 2.75) is 13.8 Å². The van der Waals surface area contributed by atoms with Crippen LogP contribution in [-0.4, -0.2) is 6.01 Å². The van der Waals surface area contributed by atoms with E-state index in [0.717, 1.165) is 22.5 Å². The molecular weight excluding hydrogens is 280 g/mol. The predicted molar refractivity (Wildman–Crippen MR) is 96.0 cm³/mol. The number of aliphatic imine (C=N–C) groups is 2. The smallest absolute Gasteiger partial charge is 0.100 e. The summed E-state index contributed by atoms with van der Waals surface area (Å²) in [7, 11) is 0. The van der Waals surface area contributed by atoms with Crippen LogP contribution in [-0.2, 0) is 0 Å². The molecule has 2 nitrogen and oxygen atoms in total. The molecule has 0 fully saturated rings. The molecule has 3 aromatic carbocycles. The first-order chi connectivity index (χ1) is 11.2. The van der Waals surface area contributed by atoms with Gasteiger partial charge in [-0.1, -0.05) is 36.4 Å². The van der Waals surface area contributed by atoms with Crippen LogP contribution < -0.4 is 0 Å². The minimum absolute atomic E-state index is 0.901. The third-order valence-electron chi connectivity index (χ3n) is 4.29. The van der Waals surface area contributed by atoms with Crippen molar-refractivity contribution in [3.05, 3.63) is 71.8 Å². The number of hydrogen-bond donors (Lipinski definition) is 0. The van der Waals surface area contributed by atoms with Gasteiger partial charge in [-0.2, -0.15) is 9.98 Å². The van der Waals surface area contributed by atoms with E-state index < -0.39 is 0 Å². The van der Waals surface area contributed by atoms with Crippen LogP contribution >= 0.6 is 0 Å². The van der Waals surface area contributed by atoms with E-state index in [1.807, 2.05) is 12.1 Å². The number of rotatable bonds is 0. The van der Waals surface area contributed by atoms with Gasteiger partial charge in [-0.15, -0.1) is 0 Å². The van der Waals surface area contributed by atoms with Crippen LogP contribution in [0.25, 0.3) is 22.3 Å². The van der Waals surface area contributed by atoms with Crippen molar-refractivity contribution >= 4 is 17.4 Å². The fourth-order valence-electron chi connectivity index (χ4n) is 2.91. The Hall–Kier alpha value is -2.96. The SMILES string of the molecule is Cc1cc2ccc1N=C=Nc1ccc(cc1C)-c1ccc-2cc1. The first-order valence-corrected chi connectivity index (χ1v) is 7.69. The summed E-state index contributed by atoms with van der Waals surface area (Å²) in [5, 5.41) is 0. The second-order valence-electron chi connectivity index (χ2n) is 5.90. The predicted octanol–water partition coefficient (Wildman–Crippen LogP) is 6.09. The molecule has 23 heavy (non-hydrogen) atoms. The molecule has 0 aromatic heterocycles. The molecule has 0 atom stereocenters. The normalized spacial score (nSPS) is 11.7. The number of hydrogen-bond acceptors (Lipinski definition) is 2. The zero-order valence-electron chi connectivity index (χ0n) is 13.2. The number of aryl methyl sites for hydroxylation is 2. The van der Waals surface area contributed by atoms with Gasteiger partial charge in [0, 0.05) is 0 Å². The van der Waals surface area contributed by atoms with Gasteiger partial charge < -0.3 is 0 Å². The largest absolute Gasteiger partial charge is 0.187 e. The van der Waals surface area contributed by atoms with E-state index in [1.165, 1.54) is 22.3 Å². The van der Waals surface area contributed by atoms with E-state index in [9.17, 15) is 0 Å². The first kappa shape index (κ1) is 13.7. The Labute approximate surface area is 135 Å². The molecule has 0 aliphatic carbocycles. The van der Waals surface area contributed by atoms with Crippen molar-refractivity contribution in [3.8, 4) is 22.3 Å². The van der Waals surface area contributed by atoms with Crippen molar-refractivity contribution in [2.75, 3.05) is 0 Å². The third-order valence-corrected chi connectivity index (χ3v) is 4.29. The highest BCUT2D eigenvalue weighted by molar-refractivity contribution is 5.74. The van der Waals surface area contributed by atoms with Crippen molar-refractivity contribution < 1.29 is 0 Å². The molecule has 6 heterocycles. The highest BCUT2D eigenvalue weighted by atomic mass is 14.8. The summed E-state index contributed by atoms with van der Waals surface area (Å²) in [6.07, 6.45) is 0. The molecule has 2 heteroatoms. The molecule has 0 N–H and O–H groups in total. The molecule has 0 radical (unpaired) electrons. The van der Waals surface area contributed by atoms with Crippen LogP contribution in [0.2, 0.25) is 0 Å². The zero-order valence-corrected chi connectivity index (χ0v) is 13.2. The number of nitrogens with zero attached hydrogens (tertiary/aromatic N) is 2. The standard InChI is InChI=1S/C21H16N2/c1-14-11-18-7-9-20(14)22-13-23-21-10-8-19(12-15(21)2)17-5-3-16(18)4-6-17/h3-12H,1-2H3. The van der Waals surface area contributed by atoms with Crippen LogP contribution in [0, 0.1) is 13.8 Å². The van der Waals surface area contributed by atoms with Gasteiger partial charge in [0.1, 0.15) is 6.01 Å². The van der Waals surface area contributed by atoms with Crippen molar-refractivity contribution in [1.82, 2.24) is 0 Å². The summed E-state index contributed by atoms with van der Waals surface area (Å²) in [5.41, 5.74) is 8.87. The third kappa shape index (κ3) is 2.50. The van der Waals surface area contributed by atoms with E-state index in [2.05, 4.69) is 78.4 Å². The van der Waals surface area contributed by atoms with Gasteiger partial charge in [-0.25, -0.2) is 0 Å². The maximum atomic E-state index is 4.38. The van der Waals surface area contributed by atoms with Gasteiger partial charge in [0.15, 0.2) is 0 Å². The summed E-state index contributed by atoms with van der Waals surface area (Å²) < 4.78 is 0. The van der Waals surface area contributed by atoms with Gasteiger partial charge in [-0.05, 0) is 71.5 Å². The molecule has 0 spiro atoms. The molecule has 0 saturated carbocycles. The molecule has 3 aromatic rings. The van der Waals surface area contributed by atoms with Crippen LogP contribution in [0.1, 0.15) is 11.1 Å². The molecule has 0 unspecified atom stereocenters. The first-order valence-electron chi connectivity index (χ1n) is 7.69. The second-order valence-corrected chi connectivity index (χ2v) is 5.90. The van der Waals surface area contributed by atoms with Crippen LogP contribution in [0.4, 0.5) is 11.4 Å². The highest BCUT2D eigenvalue weighted by Gasteiger charge is 2.05. The van der Waals surface area contributed by atoms with Crippen LogP contribution in [0.5, 0.6) is 0 Å². The van der Waals surface area contributed by atoms with E-state index >= 15 is 0 Å². The lowest BCUT2D eigenvalue weighted by atomic mass is 9.98. The molecule has 6 aliphatic rings. The van der Waals surface area contributed by atoms with Gasteiger partial charge in [0.25, 0.3) is 0 Å². The van der Waals surface area contributed by atoms with Crippen LogP contribution in [0.15, 0.2) is 70.6 Å². The van der Waals surface area contributed by atoms with Crippen molar-refractivity contribution in [1.29, 1.82) is 0 Å². The van der Waals surface area contributed by atoms with E-state index in [-0.39, 0.29) is 0 Å². The zero-order chi connectivity index (χ0) is 15.8. The average molecular weight is 296 g/mol. The number of benzene rings is 3. The second kappa shape index (κ2) is 5.35. The van der Waals surface area contributed by atoms with Gasteiger partial charge in [-0.3, -0.25) is 0 Å². The molecule has 6 bridgehead atoms. The molecular formula is C21H16N2. The Morgan fingerprint density at radius 1 is 0.565 bits per heavy atom. The Morgan fingerprint density at radius 2 is 0.957 bits per heavy atom. The van der Waals surface area contributed by atoms with E-state index in [1.54, 1.807) is 0 Å². The maximum absolute atomic E-state index is 4.38. The minimum Gasteiger partial charge on any atom is -0.187 e. The summed E-state index contributed by atoms with van der Waals surface area (Å²) in [6.45, 7) is 4.13. The molecule has 0 saturated heterocycles. The average Bonchev–Trinajstić information content (AvgIpc) is 2.59. The molecule has 9 rings (SSSR count). The minimum atomic E-state index is 0.901. The van der Waals surface area contributed by atoms with Crippen LogP contribution in [0.3, 0.4) is 0 Å². The lowest BCUT2D eigenvalue weighted by molar-refractivity contribution is 1.38. The van der Waals surface area contributed by atoms with E-state index in [0.29, 0.717) is 0 Å². The van der Waals surface area contributed by atoms with E-state index in [4.69, 9.17) is 0 Å². The Bertz CT molecular complexity index is 883. The lowest BCUT2D eigenvalue weighted by Crippen LogP contribution is -1.83. The Balaban J connectivity index is 2.02. The lowest BCUT2D eigenvalue weighted by Gasteiger charge is -2.08.